The molecule has 0 radical (unpaired) electrons. The molecule has 3 aromatic rings. The van der Waals surface area contributed by atoms with Crippen molar-refractivity contribution >= 4 is 11.8 Å². The lowest BCUT2D eigenvalue weighted by molar-refractivity contribution is -0.131. The molecule has 0 saturated carbocycles. The number of carbonyl (C=O) groups excluding carboxylic acids is 2. The van der Waals surface area contributed by atoms with E-state index >= 15 is 0 Å². The summed E-state index contributed by atoms with van der Waals surface area (Å²) in [6, 6.07) is 24.9. The van der Waals surface area contributed by atoms with Gasteiger partial charge in [0.25, 0.3) is 11.8 Å². The Kier molecular flexibility index (Phi) is 7.44. The summed E-state index contributed by atoms with van der Waals surface area (Å²) in [4.78, 5) is 23.7. The Morgan fingerprint density at radius 3 is 1.93 bits per heavy atom. The van der Waals surface area contributed by atoms with Gasteiger partial charge in [-0.1, -0.05) is 61.5 Å². The molecule has 30 heavy (non-hydrogen) atoms. The molecular formula is C24H24N2O4. The molecule has 0 atom stereocenters. The predicted molar refractivity (Wildman–Crippen MR) is 115 cm³/mol. The molecule has 0 bridgehead atoms. The van der Waals surface area contributed by atoms with E-state index in [1.807, 2.05) is 67.6 Å². The molecule has 0 aliphatic heterocycles. The number of aryl methyl sites for hydroxylation is 1. The smallest absolute Gasteiger partial charge is 0.276 e. The Balaban J connectivity index is 1.37. The molecule has 2 N–H and O–H groups in total. The lowest BCUT2D eigenvalue weighted by Crippen LogP contribution is -2.45. The fourth-order valence-corrected chi connectivity index (χ4v) is 2.74. The van der Waals surface area contributed by atoms with Gasteiger partial charge in [0.05, 0.1) is 0 Å². The zero-order valence-corrected chi connectivity index (χ0v) is 16.8. The van der Waals surface area contributed by atoms with Crippen LogP contribution in [0, 0.1) is 0 Å². The highest BCUT2D eigenvalue weighted by atomic mass is 16.5. The van der Waals surface area contributed by atoms with Crippen LogP contribution in [0.15, 0.2) is 78.9 Å². The van der Waals surface area contributed by atoms with Gasteiger partial charge in [-0.15, -0.1) is 0 Å². The van der Waals surface area contributed by atoms with Gasteiger partial charge in [0, 0.05) is 0 Å². The van der Waals surface area contributed by atoms with Crippen molar-refractivity contribution in [2.45, 2.75) is 13.3 Å². The third kappa shape index (κ3) is 6.38. The molecule has 3 rings (SSSR count). The van der Waals surface area contributed by atoms with Crippen molar-refractivity contribution in [3.8, 4) is 22.6 Å². The second kappa shape index (κ2) is 10.7. The van der Waals surface area contributed by atoms with E-state index < -0.39 is 11.8 Å². The molecule has 0 heterocycles. The zero-order chi connectivity index (χ0) is 21.2. The second-order valence-corrected chi connectivity index (χ2v) is 6.57. The number of hydrazine groups is 1. The molecule has 0 aromatic heterocycles. The van der Waals surface area contributed by atoms with Crippen molar-refractivity contribution in [1.29, 1.82) is 0 Å². The van der Waals surface area contributed by atoms with E-state index in [0.29, 0.717) is 11.5 Å². The van der Waals surface area contributed by atoms with Crippen molar-refractivity contribution in [2.75, 3.05) is 13.2 Å². The summed E-state index contributed by atoms with van der Waals surface area (Å²) >= 11 is 0. The number of nitrogens with one attached hydrogen (secondary N) is 2. The first kappa shape index (κ1) is 20.9. The molecule has 0 fully saturated rings. The van der Waals surface area contributed by atoms with Crippen LogP contribution in [0.25, 0.3) is 11.1 Å². The van der Waals surface area contributed by atoms with Gasteiger partial charge in [0.1, 0.15) is 11.5 Å². The van der Waals surface area contributed by atoms with Crippen molar-refractivity contribution in [3.05, 3.63) is 84.4 Å². The normalized spacial score (nSPS) is 10.2. The van der Waals surface area contributed by atoms with Crippen LogP contribution in [0.3, 0.4) is 0 Å². The maximum absolute atomic E-state index is 11.9. The van der Waals surface area contributed by atoms with E-state index in [9.17, 15) is 9.59 Å². The molecular weight excluding hydrogens is 380 g/mol. The summed E-state index contributed by atoms with van der Waals surface area (Å²) in [5, 5.41) is 0. The number of carbonyl (C=O) groups is 2. The standard InChI is InChI=1S/C24H24N2O4/c1-2-18-7-6-10-22(15-18)30-17-24(28)26-25-23(27)16-29-21-13-11-20(12-14-21)19-8-4-3-5-9-19/h3-15H,2,16-17H2,1H3,(H,25,27)(H,26,28). The van der Waals surface area contributed by atoms with E-state index in [4.69, 9.17) is 9.47 Å². The fraction of sp³-hybridized carbons (Fsp3) is 0.167. The van der Waals surface area contributed by atoms with Crippen LogP contribution in [0.4, 0.5) is 0 Å². The number of amides is 2. The SMILES string of the molecule is CCc1cccc(OCC(=O)NNC(=O)COc2ccc(-c3ccccc3)cc2)c1. The van der Waals surface area contributed by atoms with Gasteiger partial charge in [-0.2, -0.15) is 0 Å². The Bertz CT molecular complexity index is 972. The number of benzene rings is 3. The highest BCUT2D eigenvalue weighted by Gasteiger charge is 2.07. The summed E-state index contributed by atoms with van der Waals surface area (Å²) < 4.78 is 10.9. The third-order valence-electron chi connectivity index (χ3n) is 4.35. The van der Waals surface area contributed by atoms with Gasteiger partial charge in [-0.05, 0) is 47.4 Å². The Morgan fingerprint density at radius 2 is 1.30 bits per heavy atom. The number of ether oxygens (including phenoxy) is 2. The number of hydrogen-bond acceptors (Lipinski definition) is 4. The Morgan fingerprint density at radius 1 is 0.700 bits per heavy atom. The molecule has 0 saturated heterocycles. The summed E-state index contributed by atoms with van der Waals surface area (Å²) in [6.45, 7) is 1.63. The molecule has 6 heteroatoms. The van der Waals surface area contributed by atoms with Gasteiger partial charge in [0.2, 0.25) is 0 Å². The summed E-state index contributed by atoms with van der Waals surface area (Å²) in [5.74, 6) is 0.245. The number of rotatable bonds is 8. The Labute approximate surface area is 175 Å². The molecule has 0 spiro atoms. The van der Waals surface area contributed by atoms with Crippen molar-refractivity contribution in [3.63, 3.8) is 0 Å². The van der Waals surface area contributed by atoms with E-state index in [1.54, 1.807) is 18.2 Å². The van der Waals surface area contributed by atoms with Crippen LogP contribution >= 0.6 is 0 Å². The highest BCUT2D eigenvalue weighted by Crippen LogP contribution is 2.21. The van der Waals surface area contributed by atoms with Crippen LogP contribution < -0.4 is 20.3 Å². The second-order valence-electron chi connectivity index (χ2n) is 6.57. The molecule has 154 valence electrons. The van der Waals surface area contributed by atoms with E-state index in [0.717, 1.165) is 23.1 Å². The van der Waals surface area contributed by atoms with Crippen molar-refractivity contribution < 1.29 is 19.1 Å². The van der Waals surface area contributed by atoms with E-state index in [-0.39, 0.29) is 13.2 Å². The molecule has 0 aliphatic rings. The minimum absolute atomic E-state index is 0.199. The van der Waals surface area contributed by atoms with E-state index in [2.05, 4.69) is 10.9 Å². The predicted octanol–water partition coefficient (Wildman–Crippen LogP) is 3.52. The van der Waals surface area contributed by atoms with Gasteiger partial charge in [0.15, 0.2) is 13.2 Å². The maximum Gasteiger partial charge on any atom is 0.276 e. The van der Waals surface area contributed by atoms with Gasteiger partial charge in [-0.3, -0.25) is 20.4 Å². The average molecular weight is 404 g/mol. The molecule has 3 aromatic carbocycles. The quantitative estimate of drug-likeness (QED) is 0.563. The fourth-order valence-electron chi connectivity index (χ4n) is 2.74. The lowest BCUT2D eigenvalue weighted by atomic mass is 10.1. The highest BCUT2D eigenvalue weighted by molar-refractivity contribution is 5.83. The summed E-state index contributed by atoms with van der Waals surface area (Å²) in [7, 11) is 0. The van der Waals surface area contributed by atoms with Crippen LogP contribution in [-0.2, 0) is 16.0 Å². The minimum atomic E-state index is -0.469. The minimum Gasteiger partial charge on any atom is -0.484 e. The first-order valence-corrected chi connectivity index (χ1v) is 9.72. The number of hydrogen-bond donors (Lipinski definition) is 2. The average Bonchev–Trinajstić information content (AvgIpc) is 2.81. The zero-order valence-electron chi connectivity index (χ0n) is 16.8. The summed E-state index contributed by atoms with van der Waals surface area (Å²) in [5.41, 5.74) is 7.89. The van der Waals surface area contributed by atoms with Gasteiger partial charge in [-0.25, -0.2) is 0 Å². The third-order valence-corrected chi connectivity index (χ3v) is 4.35. The van der Waals surface area contributed by atoms with Crippen LogP contribution in [0.2, 0.25) is 0 Å². The first-order chi connectivity index (χ1) is 14.6. The molecule has 0 aliphatic carbocycles. The van der Waals surface area contributed by atoms with Crippen LogP contribution in [-0.4, -0.2) is 25.0 Å². The molecule has 2 amide bonds. The first-order valence-electron chi connectivity index (χ1n) is 9.72. The topological polar surface area (TPSA) is 76.7 Å². The van der Waals surface area contributed by atoms with E-state index in [1.165, 1.54) is 0 Å². The molecule has 6 nitrogen and oxygen atoms in total. The van der Waals surface area contributed by atoms with Gasteiger partial charge < -0.3 is 9.47 Å². The largest absolute Gasteiger partial charge is 0.484 e. The lowest BCUT2D eigenvalue weighted by Gasteiger charge is -2.10. The van der Waals surface area contributed by atoms with Crippen molar-refractivity contribution in [2.24, 2.45) is 0 Å². The van der Waals surface area contributed by atoms with Crippen LogP contribution in [0.5, 0.6) is 11.5 Å². The summed E-state index contributed by atoms with van der Waals surface area (Å²) in [6.07, 6.45) is 0.883. The van der Waals surface area contributed by atoms with Crippen LogP contribution in [0.1, 0.15) is 12.5 Å². The monoisotopic (exact) mass is 404 g/mol. The molecule has 0 unspecified atom stereocenters. The Hall–Kier alpha value is -3.80. The van der Waals surface area contributed by atoms with Crippen molar-refractivity contribution in [1.82, 2.24) is 10.9 Å². The van der Waals surface area contributed by atoms with Gasteiger partial charge >= 0.3 is 0 Å². The maximum atomic E-state index is 11.9.